The van der Waals surface area contributed by atoms with Gasteiger partial charge < -0.3 is 49.0 Å². The minimum atomic E-state index is -1.69. The number of hydrogen-bond donors (Lipinski definition) is 4. The van der Waals surface area contributed by atoms with Crippen LogP contribution in [-0.4, -0.2) is 170 Å². The lowest BCUT2D eigenvalue weighted by molar-refractivity contribution is 0.0208. The zero-order valence-electron chi connectivity index (χ0n) is 53.0. The van der Waals surface area contributed by atoms with Gasteiger partial charge >= 0.3 is 25.3 Å². The van der Waals surface area contributed by atoms with E-state index in [-0.39, 0.29) is 31.0 Å². The molecule has 0 saturated carbocycles. The lowest BCUT2D eigenvalue weighted by atomic mass is 9.81. The van der Waals surface area contributed by atoms with Crippen molar-refractivity contribution >= 4 is 76.0 Å². The molecule has 7 aromatic rings. The number of fused-ring (bicyclic) bond motifs is 3. The van der Waals surface area contributed by atoms with Crippen LogP contribution in [-0.2, 0) is 71.3 Å². The van der Waals surface area contributed by atoms with Crippen LogP contribution in [0.25, 0.3) is 23.0 Å². The maximum Gasteiger partial charge on any atom is 0.510 e. The predicted molar refractivity (Wildman–Crippen MR) is 345 cm³/mol. The highest BCUT2D eigenvalue weighted by atomic mass is 35.5. The monoisotopic (exact) mass is 1300 g/mol. The van der Waals surface area contributed by atoms with E-state index < -0.39 is 40.6 Å². The Morgan fingerprint density at radius 1 is 0.618 bits per heavy atom. The van der Waals surface area contributed by atoms with Gasteiger partial charge in [0.15, 0.2) is 11.6 Å². The molecule has 0 fully saturated rings. The summed E-state index contributed by atoms with van der Waals surface area (Å²) in [6.45, 7) is 29.8. The topological polar surface area (TPSA) is 292 Å². The Balaban J connectivity index is 0.000000180. The third kappa shape index (κ3) is 21.5. The number of benzene rings is 1. The number of urea groups is 1. The summed E-state index contributed by atoms with van der Waals surface area (Å²) in [4.78, 5) is 67.1. The first-order valence-corrected chi connectivity index (χ1v) is 37.7. The number of amides is 4. The van der Waals surface area contributed by atoms with E-state index in [1.54, 1.807) is 99.0 Å². The first kappa shape index (κ1) is 69.3. The Morgan fingerprint density at radius 3 is 1.57 bits per heavy atom. The van der Waals surface area contributed by atoms with Gasteiger partial charge in [0.1, 0.15) is 36.1 Å². The second-order valence-electron chi connectivity index (χ2n) is 25.8. The van der Waals surface area contributed by atoms with E-state index in [9.17, 15) is 24.4 Å². The van der Waals surface area contributed by atoms with Gasteiger partial charge in [-0.25, -0.2) is 53.7 Å². The summed E-state index contributed by atoms with van der Waals surface area (Å²) in [6.07, 6.45) is 11.2. The molecule has 4 N–H and O–H groups in total. The van der Waals surface area contributed by atoms with E-state index >= 15 is 0 Å². The SMILES string of the molecule is CC(C)(C)OC(=O)N1CCc2c(c(-c3ncccn3)nn2COCC[Si](C)(C)C)C1.CC(C)(C)OC(=O)N1CCc2c(c(B(O)O)nn2COCC[Si](C)(C)C)C1.Clc1ncccn1.O=C(Nc1cccc(Cl)c1)N1CCc2[nH]nc(-c3ncccn3)c2C1. The van der Waals surface area contributed by atoms with Crippen LogP contribution in [0, 0.1) is 0 Å². The van der Waals surface area contributed by atoms with Crippen LogP contribution >= 0.6 is 23.2 Å². The number of aromatic nitrogens is 12. The van der Waals surface area contributed by atoms with Crippen LogP contribution in [0.4, 0.5) is 20.1 Å². The summed E-state index contributed by atoms with van der Waals surface area (Å²) < 4.78 is 26.3. The van der Waals surface area contributed by atoms with E-state index in [1.165, 1.54) is 0 Å². The smallest absolute Gasteiger partial charge is 0.444 e. The van der Waals surface area contributed by atoms with E-state index in [2.05, 4.69) is 89.8 Å². The maximum absolute atomic E-state index is 12.6. The summed E-state index contributed by atoms with van der Waals surface area (Å²) >= 11 is 11.3. The van der Waals surface area contributed by atoms with Gasteiger partial charge in [-0.05, 0) is 102 Å². The van der Waals surface area contributed by atoms with E-state index in [0.717, 1.165) is 46.9 Å². The fourth-order valence-corrected chi connectivity index (χ4v) is 11.0. The molecule has 4 amide bonds. The van der Waals surface area contributed by atoms with Crippen molar-refractivity contribution in [3.63, 3.8) is 0 Å². The fourth-order valence-electron chi connectivity index (χ4n) is 9.18. The number of rotatable bonds is 14. The average molecular weight is 1300 g/mol. The second-order valence-corrected chi connectivity index (χ2v) is 37.8. The van der Waals surface area contributed by atoms with Gasteiger partial charge in [-0.1, -0.05) is 56.9 Å². The van der Waals surface area contributed by atoms with Crippen molar-refractivity contribution in [1.82, 2.24) is 74.4 Å². The third-order valence-corrected chi connectivity index (χ3v) is 17.5. The number of nitrogens with zero attached hydrogens (tertiary/aromatic N) is 14. The number of aromatic amines is 1. The van der Waals surface area contributed by atoms with E-state index in [4.69, 9.17) is 47.2 Å². The van der Waals surface area contributed by atoms with Gasteiger partial charge in [0, 0.05) is 150 Å². The standard InChI is InChI=1S/C21H33N5O3Si.C17H32BN3O5Si.C17H15ClN6O.C4H3ClN2/c1-21(2,3)29-20(27)25-11-8-17-16(14-25)18(19-22-9-7-10-23-19)24-26(17)15-28-12-13-30(4,5)6;1-17(2,3)26-16(22)20-8-7-14-13(11-20)15(18(23)24)19-21(14)12-25-9-10-27(4,5)6;18-11-3-1-4-12(9-11)21-17(25)24-8-5-14-13(10-24)15(23-22-14)16-19-6-2-7-20-16;5-4-6-2-1-3-7-4/h7,9-10H,8,11-15H2,1-6H3;23-24H,7-12H2,1-6H3;1-4,6-7,9H,5,8,10H2,(H,21,25)(H,22,23);1-3H. The number of carbonyl (C=O) groups excluding carboxylic acids is 3. The van der Waals surface area contributed by atoms with Gasteiger partial charge in [0.2, 0.25) is 5.28 Å². The molecule has 0 bridgehead atoms. The molecule has 478 valence electrons. The van der Waals surface area contributed by atoms with Crippen molar-refractivity contribution < 1.29 is 43.4 Å². The molecule has 3 aliphatic rings. The molecule has 3 aliphatic heterocycles. The molecule has 25 nitrogen and oxygen atoms in total. The van der Waals surface area contributed by atoms with Crippen molar-refractivity contribution in [2.45, 2.75) is 156 Å². The highest BCUT2D eigenvalue weighted by molar-refractivity contribution is 6.76. The summed E-state index contributed by atoms with van der Waals surface area (Å²) in [5.41, 5.74) is 6.69. The number of nitrogens with one attached hydrogen (secondary N) is 2. The number of ether oxygens (including phenoxy) is 4. The Morgan fingerprint density at radius 2 is 1.09 bits per heavy atom. The first-order valence-electron chi connectivity index (χ1n) is 29.5. The molecule has 0 unspecified atom stereocenters. The summed E-state index contributed by atoms with van der Waals surface area (Å²) in [5.74, 6) is 1.11. The molecule has 0 atom stereocenters. The van der Waals surface area contributed by atoms with Gasteiger partial charge in [0.05, 0.1) is 25.2 Å². The molecule has 89 heavy (non-hydrogen) atoms. The second kappa shape index (κ2) is 31.0. The Bertz CT molecular complexity index is 3430. The fraction of sp³-hybridized carbons (Fsp3) is 0.492. The van der Waals surface area contributed by atoms with Crippen molar-refractivity contribution in [2.24, 2.45) is 0 Å². The molecule has 9 heterocycles. The van der Waals surface area contributed by atoms with Crippen LogP contribution in [0.5, 0.6) is 0 Å². The van der Waals surface area contributed by atoms with Crippen molar-refractivity contribution in [3.05, 3.63) is 124 Å². The molecular weight excluding hydrogens is 1210 g/mol. The lowest BCUT2D eigenvalue weighted by Gasteiger charge is -2.30. The Hall–Kier alpha value is -7.18. The van der Waals surface area contributed by atoms with Crippen LogP contribution < -0.4 is 10.9 Å². The molecule has 0 spiro atoms. The normalized spacial score (nSPS) is 13.9. The molecule has 0 aliphatic carbocycles. The number of carbonyl (C=O) groups is 3. The zero-order valence-corrected chi connectivity index (χ0v) is 56.5. The van der Waals surface area contributed by atoms with Gasteiger partial charge in [-0.3, -0.25) is 5.10 Å². The molecule has 1 aromatic carbocycles. The molecule has 0 radical (unpaired) electrons. The Kier molecular flexibility index (Phi) is 24.2. The molecule has 30 heteroatoms. The summed E-state index contributed by atoms with van der Waals surface area (Å²) in [5, 5.41) is 39.6. The van der Waals surface area contributed by atoms with Crippen LogP contribution in [0.15, 0.2) is 79.6 Å². The molecular formula is C59H83BCl2N16O9Si2. The van der Waals surface area contributed by atoms with Gasteiger partial charge in [-0.2, -0.15) is 15.3 Å². The van der Waals surface area contributed by atoms with E-state index in [0.29, 0.717) is 110 Å². The minimum absolute atomic E-state index is 0.172. The highest BCUT2D eigenvalue weighted by Gasteiger charge is 2.35. The highest BCUT2D eigenvalue weighted by Crippen LogP contribution is 2.31. The summed E-state index contributed by atoms with van der Waals surface area (Å²) in [7, 11) is -4.01. The average Bonchev–Trinajstić information content (AvgIpc) is 1.75. The largest absolute Gasteiger partial charge is 0.510 e. The zero-order chi connectivity index (χ0) is 64.7. The van der Waals surface area contributed by atoms with Crippen LogP contribution in [0.1, 0.15) is 75.3 Å². The van der Waals surface area contributed by atoms with Gasteiger partial charge in [0.25, 0.3) is 0 Å². The number of hydrogen-bond acceptors (Lipinski definition) is 18. The minimum Gasteiger partial charge on any atom is -0.444 e. The number of H-pyrrole nitrogens is 1. The predicted octanol–water partition coefficient (Wildman–Crippen LogP) is 9.35. The first-order chi connectivity index (χ1) is 42.0. The third-order valence-electron chi connectivity index (χ3n) is 13.7. The van der Waals surface area contributed by atoms with Crippen molar-refractivity contribution in [3.8, 4) is 23.0 Å². The molecule has 0 saturated heterocycles. The van der Waals surface area contributed by atoms with E-state index in [1.807, 2.05) is 46.2 Å². The number of halogens is 2. The molecule has 10 rings (SSSR count). The van der Waals surface area contributed by atoms with Crippen molar-refractivity contribution in [2.75, 3.05) is 38.2 Å². The van der Waals surface area contributed by atoms with Crippen molar-refractivity contribution in [1.29, 1.82) is 0 Å². The van der Waals surface area contributed by atoms with Gasteiger partial charge in [-0.15, -0.1) is 0 Å². The van der Waals surface area contributed by atoms with Crippen LogP contribution in [0.3, 0.4) is 0 Å². The quantitative estimate of drug-likeness (QED) is 0.0448. The van der Waals surface area contributed by atoms with Crippen LogP contribution in [0.2, 0.25) is 61.7 Å². The lowest BCUT2D eigenvalue weighted by Crippen LogP contribution is -2.43. The maximum atomic E-state index is 12.6. The summed E-state index contributed by atoms with van der Waals surface area (Å²) in [6, 6.07) is 14.3. The number of anilines is 1. The molecule has 6 aromatic heterocycles. The Labute approximate surface area is 532 Å².